The van der Waals surface area contributed by atoms with E-state index in [9.17, 15) is 19.5 Å². The maximum atomic E-state index is 13.3. The molecule has 4 aliphatic heterocycles. The van der Waals surface area contributed by atoms with Gasteiger partial charge in [0.1, 0.15) is 12.1 Å². The quantitative estimate of drug-likeness (QED) is 0.301. The van der Waals surface area contributed by atoms with Crippen LogP contribution in [0.4, 0.5) is 0 Å². The minimum Gasteiger partial charge on any atom is -0.386 e. The molecule has 35 heavy (non-hydrogen) atoms. The molecule has 1 aliphatic carbocycles. The van der Waals surface area contributed by atoms with Crippen LogP contribution in [0.1, 0.15) is 40.7 Å². The Bertz CT molecular complexity index is 1180. The smallest absolute Gasteiger partial charge is 0.251 e. The number of fused-ring (bicyclic) bond motifs is 1. The number of hydrogen-bond donors (Lipinski definition) is 5. The molecule has 2 saturated heterocycles. The highest BCUT2D eigenvalue weighted by Gasteiger charge is 2.65. The van der Waals surface area contributed by atoms with Gasteiger partial charge < -0.3 is 32.1 Å². The lowest BCUT2D eigenvalue weighted by atomic mass is 9.87. The van der Waals surface area contributed by atoms with Gasteiger partial charge >= 0.3 is 0 Å². The summed E-state index contributed by atoms with van der Waals surface area (Å²) in [7, 11) is 0. The summed E-state index contributed by atoms with van der Waals surface area (Å²) in [6.45, 7) is 0.189. The van der Waals surface area contributed by atoms with Gasteiger partial charge in [0.15, 0.2) is 17.6 Å². The van der Waals surface area contributed by atoms with Crippen LogP contribution in [0.25, 0.3) is 0 Å². The molecule has 4 heterocycles. The largest absolute Gasteiger partial charge is 0.386 e. The summed E-state index contributed by atoms with van der Waals surface area (Å²) >= 11 is 0. The molecular weight excluding hydrogens is 452 g/mol. The Kier molecular flexibility index (Phi) is 4.78. The Balaban J connectivity index is 1.28. The first-order valence-corrected chi connectivity index (χ1v) is 11.9. The molecule has 1 spiro atoms. The number of hydrogen-bond acceptors (Lipinski definition) is 10. The van der Waals surface area contributed by atoms with Crippen molar-refractivity contribution in [3.63, 3.8) is 0 Å². The first kappa shape index (κ1) is 21.8. The van der Waals surface area contributed by atoms with Crippen molar-refractivity contribution in [2.24, 2.45) is 21.5 Å². The minimum atomic E-state index is -1.25. The second kappa shape index (κ2) is 7.67. The van der Waals surface area contributed by atoms with E-state index in [1.807, 2.05) is 12.1 Å². The molecule has 1 aromatic rings. The molecular formula is C23H28N8O4. The highest BCUT2D eigenvalue weighted by atomic mass is 16.3. The van der Waals surface area contributed by atoms with Gasteiger partial charge in [-0.3, -0.25) is 19.3 Å². The predicted octanol–water partition coefficient (Wildman–Crippen LogP) is -2.22. The van der Waals surface area contributed by atoms with Gasteiger partial charge in [-0.1, -0.05) is 12.1 Å². The van der Waals surface area contributed by atoms with E-state index in [0.717, 1.165) is 24.8 Å². The van der Waals surface area contributed by atoms with E-state index in [2.05, 4.69) is 20.6 Å². The van der Waals surface area contributed by atoms with Crippen LogP contribution in [0.15, 0.2) is 28.2 Å². The number of carbonyl (C=O) groups is 3. The van der Waals surface area contributed by atoms with Crippen molar-refractivity contribution in [1.82, 2.24) is 20.4 Å². The number of rotatable bonds is 4. The fourth-order valence-corrected chi connectivity index (χ4v) is 6.28. The van der Waals surface area contributed by atoms with Crippen molar-refractivity contribution in [3.05, 3.63) is 34.9 Å². The average Bonchev–Trinajstić information content (AvgIpc) is 3.58. The fraction of sp³-hybridized carbons (Fsp3) is 0.522. The molecule has 5 unspecified atom stereocenters. The molecule has 0 bridgehead atoms. The van der Waals surface area contributed by atoms with Crippen LogP contribution in [-0.4, -0.2) is 87.5 Å². The number of carbonyl (C=O) groups excluding carboxylic acids is 3. The van der Waals surface area contributed by atoms with Crippen molar-refractivity contribution >= 4 is 29.6 Å². The molecule has 184 valence electrons. The summed E-state index contributed by atoms with van der Waals surface area (Å²) in [4.78, 5) is 49.5. The van der Waals surface area contributed by atoms with Crippen LogP contribution in [-0.2, 0) is 22.4 Å². The summed E-state index contributed by atoms with van der Waals surface area (Å²) in [5.74, 6) is -0.570. The summed E-state index contributed by atoms with van der Waals surface area (Å²) in [6.07, 6.45) is 2.01. The maximum Gasteiger partial charge on any atom is 0.251 e. The van der Waals surface area contributed by atoms with Crippen molar-refractivity contribution in [2.75, 3.05) is 13.1 Å². The molecule has 7 N–H and O–H groups in total. The molecule has 5 aliphatic rings. The highest BCUT2D eigenvalue weighted by Crippen LogP contribution is 2.40. The van der Waals surface area contributed by atoms with E-state index in [1.54, 1.807) is 11.0 Å². The minimum absolute atomic E-state index is 0.00299. The second-order valence-corrected chi connectivity index (χ2v) is 9.79. The van der Waals surface area contributed by atoms with Crippen molar-refractivity contribution in [1.29, 1.82) is 0 Å². The zero-order valence-corrected chi connectivity index (χ0v) is 19.1. The molecule has 3 amide bonds. The van der Waals surface area contributed by atoms with E-state index in [0.29, 0.717) is 5.56 Å². The maximum absolute atomic E-state index is 13.3. The standard InChI is InChI=1S/C23H28N8O4/c24-21-28-18-14(9-30-16(32)7-8-17(30)33)27-22(25)31-10-15(19(34)23(18,31)29-21)26-20(35)13-6-2-4-11-3-1-5-12(11)13/h2,4,6,14-15,18-19,34H,1,3,5,7-10H2,(H2,25,27)(H,26,35)(H3,24,28,29). The third kappa shape index (κ3) is 3.12. The summed E-state index contributed by atoms with van der Waals surface area (Å²) < 4.78 is 0. The average molecular weight is 481 g/mol. The van der Waals surface area contributed by atoms with Crippen LogP contribution in [0.5, 0.6) is 0 Å². The molecule has 2 fully saturated rings. The summed E-state index contributed by atoms with van der Waals surface area (Å²) in [6, 6.07) is 3.65. The second-order valence-electron chi connectivity index (χ2n) is 9.79. The van der Waals surface area contributed by atoms with E-state index >= 15 is 0 Å². The number of aliphatic hydroxyl groups is 1. The van der Waals surface area contributed by atoms with Crippen LogP contribution in [0, 0.1) is 0 Å². The molecule has 1 aromatic carbocycles. The Labute approximate surface area is 201 Å². The lowest BCUT2D eigenvalue weighted by Crippen LogP contribution is -2.73. The number of benzene rings is 1. The first-order chi connectivity index (χ1) is 16.8. The van der Waals surface area contributed by atoms with E-state index in [-0.39, 0.29) is 55.6 Å². The molecule has 0 radical (unpaired) electrons. The van der Waals surface area contributed by atoms with Gasteiger partial charge in [-0.05, 0) is 36.5 Å². The van der Waals surface area contributed by atoms with E-state index in [1.165, 1.54) is 10.5 Å². The van der Waals surface area contributed by atoms with Crippen molar-refractivity contribution in [2.45, 2.75) is 62.0 Å². The number of amides is 3. The van der Waals surface area contributed by atoms with Gasteiger partial charge in [0, 0.05) is 24.9 Å². The van der Waals surface area contributed by atoms with Crippen molar-refractivity contribution in [3.8, 4) is 0 Å². The van der Waals surface area contributed by atoms with Gasteiger partial charge in [0.2, 0.25) is 11.8 Å². The summed E-state index contributed by atoms with van der Waals surface area (Å²) in [5.41, 5.74) is 14.0. The van der Waals surface area contributed by atoms with Crippen LogP contribution in [0.2, 0.25) is 0 Å². The molecule has 6 rings (SSSR count). The Morgan fingerprint density at radius 1 is 1.17 bits per heavy atom. The van der Waals surface area contributed by atoms with Crippen LogP contribution < -0.4 is 22.1 Å². The van der Waals surface area contributed by atoms with E-state index in [4.69, 9.17) is 11.5 Å². The highest BCUT2D eigenvalue weighted by molar-refractivity contribution is 6.02. The summed E-state index contributed by atoms with van der Waals surface area (Å²) in [5, 5.41) is 17.6. The number of likely N-dealkylation sites (tertiary alicyclic amines) is 1. The number of aryl methyl sites for hydroxylation is 1. The van der Waals surface area contributed by atoms with Gasteiger partial charge in [-0.2, -0.15) is 0 Å². The molecule has 12 nitrogen and oxygen atoms in total. The van der Waals surface area contributed by atoms with Gasteiger partial charge in [-0.25, -0.2) is 9.98 Å². The molecule has 0 aromatic heterocycles. The van der Waals surface area contributed by atoms with Gasteiger partial charge in [-0.15, -0.1) is 0 Å². The normalized spacial score (nSPS) is 33.2. The number of nitrogens with one attached hydrogen (secondary N) is 2. The van der Waals surface area contributed by atoms with Crippen LogP contribution in [0.3, 0.4) is 0 Å². The third-order valence-corrected chi connectivity index (χ3v) is 7.89. The topological polar surface area (TPSA) is 179 Å². The monoisotopic (exact) mass is 480 g/mol. The number of aliphatic imine (C=N–C) groups is 2. The number of nitrogens with zero attached hydrogens (tertiary/aromatic N) is 4. The Morgan fingerprint density at radius 3 is 2.71 bits per heavy atom. The van der Waals surface area contributed by atoms with E-state index < -0.39 is 29.9 Å². The molecule has 0 saturated carbocycles. The zero-order valence-electron chi connectivity index (χ0n) is 19.1. The predicted molar refractivity (Wildman–Crippen MR) is 125 cm³/mol. The van der Waals surface area contributed by atoms with Crippen LogP contribution >= 0.6 is 0 Å². The third-order valence-electron chi connectivity index (χ3n) is 7.89. The lowest BCUT2D eigenvalue weighted by Gasteiger charge is -2.46. The number of nitrogens with two attached hydrogens (primary N) is 2. The van der Waals surface area contributed by atoms with Gasteiger partial charge in [0.25, 0.3) is 5.91 Å². The van der Waals surface area contributed by atoms with Gasteiger partial charge in [0.05, 0.1) is 18.6 Å². The molecule has 5 atom stereocenters. The lowest BCUT2D eigenvalue weighted by molar-refractivity contribution is -0.138. The molecule has 12 heteroatoms. The first-order valence-electron chi connectivity index (χ1n) is 11.9. The zero-order chi connectivity index (χ0) is 24.5. The van der Waals surface area contributed by atoms with Crippen molar-refractivity contribution < 1.29 is 19.5 Å². The number of imide groups is 1. The number of guanidine groups is 2. The SMILES string of the molecule is NC1=NC2C(CN3C(=O)CCC3=O)N=C(N)N3CC(NC(=O)c4cccc5c4CCC5)C(O)C23N1. The fourth-order valence-electron chi connectivity index (χ4n) is 6.28. The number of aliphatic hydroxyl groups excluding tert-OH is 1. The Hall–Kier alpha value is -3.67. The Morgan fingerprint density at radius 2 is 1.94 bits per heavy atom.